The van der Waals surface area contributed by atoms with Crippen LogP contribution in [0.1, 0.15) is 19.4 Å². The number of hydrogen-bond acceptors (Lipinski definition) is 6. The highest BCUT2D eigenvalue weighted by molar-refractivity contribution is 8.18. The summed E-state index contributed by atoms with van der Waals surface area (Å²) < 4.78 is 10.8. The molecule has 0 unspecified atom stereocenters. The van der Waals surface area contributed by atoms with Gasteiger partial charge in [-0.2, -0.15) is 0 Å². The highest BCUT2D eigenvalue weighted by Crippen LogP contribution is 2.32. The van der Waals surface area contributed by atoms with Crippen LogP contribution in [0.3, 0.4) is 0 Å². The Labute approximate surface area is 179 Å². The third-order valence-electron chi connectivity index (χ3n) is 4.11. The van der Waals surface area contributed by atoms with Gasteiger partial charge < -0.3 is 14.8 Å². The van der Waals surface area contributed by atoms with Gasteiger partial charge in [0.25, 0.3) is 11.1 Å². The van der Waals surface area contributed by atoms with Crippen LogP contribution in [-0.4, -0.2) is 41.7 Å². The fourth-order valence-corrected chi connectivity index (χ4v) is 3.62. The van der Waals surface area contributed by atoms with Crippen molar-refractivity contribution >= 4 is 40.6 Å². The quantitative estimate of drug-likeness (QED) is 0.670. The van der Waals surface area contributed by atoms with Gasteiger partial charge in [-0.15, -0.1) is 0 Å². The van der Waals surface area contributed by atoms with Gasteiger partial charge in [0.05, 0.1) is 23.8 Å². The van der Waals surface area contributed by atoms with Crippen molar-refractivity contribution < 1.29 is 23.9 Å². The Kier molecular flexibility index (Phi) is 6.79. The minimum atomic E-state index is -0.498. The number of imide groups is 1. The molecule has 0 aliphatic carbocycles. The maximum Gasteiger partial charge on any atom is 0.294 e. The SMILES string of the molecule is COc1ccccc1NC(=O)CN1C(=O)S/C(=C\c2ccc(OC(C)C)cc2)C1=O. The summed E-state index contributed by atoms with van der Waals surface area (Å²) in [5, 5.41) is 2.18. The van der Waals surface area contributed by atoms with Crippen LogP contribution in [0.2, 0.25) is 0 Å². The molecule has 7 nitrogen and oxygen atoms in total. The number of nitrogens with one attached hydrogen (secondary N) is 1. The van der Waals surface area contributed by atoms with Crippen molar-refractivity contribution in [3.63, 3.8) is 0 Å². The highest BCUT2D eigenvalue weighted by atomic mass is 32.2. The number of methoxy groups -OCH3 is 1. The molecular formula is C22H22N2O5S. The Balaban J connectivity index is 1.67. The van der Waals surface area contributed by atoms with Crippen molar-refractivity contribution in [1.29, 1.82) is 0 Å². The van der Waals surface area contributed by atoms with E-state index in [1.807, 2.05) is 13.8 Å². The van der Waals surface area contributed by atoms with Gasteiger partial charge in [0, 0.05) is 0 Å². The van der Waals surface area contributed by atoms with Gasteiger partial charge in [-0.05, 0) is 61.5 Å². The average Bonchev–Trinajstić information content (AvgIpc) is 2.97. The molecule has 1 heterocycles. The number of ether oxygens (including phenoxy) is 2. The maximum atomic E-state index is 12.6. The van der Waals surface area contributed by atoms with Gasteiger partial charge in [-0.25, -0.2) is 0 Å². The molecular weight excluding hydrogens is 404 g/mol. The molecule has 8 heteroatoms. The lowest BCUT2D eigenvalue weighted by Crippen LogP contribution is -2.36. The zero-order chi connectivity index (χ0) is 21.7. The van der Waals surface area contributed by atoms with Crippen LogP contribution < -0.4 is 14.8 Å². The molecule has 156 valence electrons. The first-order valence-corrected chi connectivity index (χ1v) is 10.1. The minimum Gasteiger partial charge on any atom is -0.495 e. The van der Waals surface area contributed by atoms with E-state index in [9.17, 15) is 14.4 Å². The van der Waals surface area contributed by atoms with Crippen LogP contribution in [0.4, 0.5) is 10.5 Å². The molecule has 3 rings (SSSR count). The molecule has 0 spiro atoms. The summed E-state index contributed by atoms with van der Waals surface area (Å²) in [6, 6.07) is 14.1. The predicted molar refractivity (Wildman–Crippen MR) is 117 cm³/mol. The number of carbonyl (C=O) groups excluding carboxylic acids is 3. The number of amides is 3. The molecule has 1 aliphatic rings. The fourth-order valence-electron chi connectivity index (χ4n) is 2.78. The van der Waals surface area contributed by atoms with Crippen molar-refractivity contribution in [3.05, 3.63) is 59.0 Å². The molecule has 0 bridgehead atoms. The summed E-state index contributed by atoms with van der Waals surface area (Å²) in [6.07, 6.45) is 1.69. The Morgan fingerprint density at radius 1 is 1.13 bits per heavy atom. The molecule has 0 aromatic heterocycles. The number of hydrogen-bond donors (Lipinski definition) is 1. The van der Waals surface area contributed by atoms with Crippen LogP contribution >= 0.6 is 11.8 Å². The van der Waals surface area contributed by atoms with Crippen LogP contribution in [0.5, 0.6) is 11.5 Å². The van der Waals surface area contributed by atoms with E-state index >= 15 is 0 Å². The number of carbonyl (C=O) groups is 3. The van der Waals surface area contributed by atoms with E-state index in [4.69, 9.17) is 9.47 Å². The fraction of sp³-hybridized carbons (Fsp3) is 0.227. The third kappa shape index (κ3) is 5.21. The van der Waals surface area contributed by atoms with Crippen molar-refractivity contribution in [2.45, 2.75) is 20.0 Å². The highest BCUT2D eigenvalue weighted by Gasteiger charge is 2.36. The summed E-state index contributed by atoms with van der Waals surface area (Å²) in [7, 11) is 1.49. The molecule has 2 aromatic carbocycles. The molecule has 1 N–H and O–H groups in total. The van der Waals surface area contributed by atoms with E-state index in [0.717, 1.165) is 28.0 Å². The van der Waals surface area contributed by atoms with E-state index < -0.39 is 17.1 Å². The van der Waals surface area contributed by atoms with E-state index in [0.29, 0.717) is 11.4 Å². The zero-order valence-electron chi connectivity index (χ0n) is 16.9. The van der Waals surface area contributed by atoms with Crippen LogP contribution in [0.25, 0.3) is 6.08 Å². The third-order valence-corrected chi connectivity index (χ3v) is 5.01. The zero-order valence-corrected chi connectivity index (χ0v) is 17.7. The summed E-state index contributed by atoms with van der Waals surface area (Å²) >= 11 is 0.810. The van der Waals surface area contributed by atoms with Crippen molar-refractivity contribution in [1.82, 2.24) is 4.90 Å². The Hall–Kier alpha value is -3.26. The molecule has 2 aromatic rings. The summed E-state index contributed by atoms with van der Waals surface area (Å²) in [6.45, 7) is 3.50. The lowest BCUT2D eigenvalue weighted by atomic mass is 10.2. The predicted octanol–water partition coefficient (Wildman–Crippen LogP) is 4.16. The summed E-state index contributed by atoms with van der Waals surface area (Å²) in [4.78, 5) is 38.5. The van der Waals surface area contributed by atoms with E-state index in [-0.39, 0.29) is 17.6 Å². The van der Waals surface area contributed by atoms with E-state index in [2.05, 4.69) is 5.32 Å². The van der Waals surface area contributed by atoms with Gasteiger partial charge in [0.1, 0.15) is 18.0 Å². The molecule has 0 atom stereocenters. The Bertz CT molecular complexity index is 985. The number of thioether (sulfide) groups is 1. The smallest absolute Gasteiger partial charge is 0.294 e. The number of nitrogens with zero attached hydrogens (tertiary/aromatic N) is 1. The first kappa shape index (κ1) is 21.4. The maximum absolute atomic E-state index is 12.6. The first-order chi connectivity index (χ1) is 14.4. The number of anilines is 1. The van der Waals surface area contributed by atoms with Gasteiger partial charge in [-0.1, -0.05) is 24.3 Å². The second-order valence-electron chi connectivity index (χ2n) is 6.75. The minimum absolute atomic E-state index is 0.0642. The standard InChI is InChI=1S/C22H22N2O5S/c1-14(2)29-16-10-8-15(9-11-16)12-19-21(26)24(22(27)30-19)13-20(25)23-17-6-4-5-7-18(17)28-3/h4-12,14H,13H2,1-3H3,(H,23,25)/b19-12-. The number of benzene rings is 2. The Morgan fingerprint density at radius 3 is 2.50 bits per heavy atom. The molecule has 1 aliphatic heterocycles. The normalized spacial score (nSPS) is 15.1. The largest absolute Gasteiger partial charge is 0.495 e. The van der Waals surface area contributed by atoms with E-state index in [1.54, 1.807) is 54.6 Å². The van der Waals surface area contributed by atoms with Crippen LogP contribution in [0.15, 0.2) is 53.4 Å². The molecule has 30 heavy (non-hydrogen) atoms. The average molecular weight is 426 g/mol. The topological polar surface area (TPSA) is 84.9 Å². The lowest BCUT2D eigenvalue weighted by molar-refractivity contribution is -0.127. The second kappa shape index (κ2) is 9.49. The lowest BCUT2D eigenvalue weighted by Gasteiger charge is -2.14. The van der Waals surface area contributed by atoms with Gasteiger partial charge in [0.15, 0.2) is 0 Å². The van der Waals surface area contributed by atoms with Crippen molar-refractivity contribution in [2.75, 3.05) is 19.0 Å². The van der Waals surface area contributed by atoms with Crippen molar-refractivity contribution in [2.24, 2.45) is 0 Å². The summed E-state index contributed by atoms with van der Waals surface area (Å²) in [5.74, 6) is 0.231. The number of para-hydroxylation sites is 2. The number of rotatable bonds is 7. The molecule has 3 amide bonds. The molecule has 0 saturated carbocycles. The van der Waals surface area contributed by atoms with Gasteiger partial charge in [0.2, 0.25) is 5.91 Å². The van der Waals surface area contributed by atoms with Crippen LogP contribution in [-0.2, 0) is 9.59 Å². The first-order valence-electron chi connectivity index (χ1n) is 9.32. The van der Waals surface area contributed by atoms with Crippen LogP contribution in [0, 0.1) is 0 Å². The van der Waals surface area contributed by atoms with Gasteiger partial charge in [-0.3, -0.25) is 19.3 Å². The summed E-state index contributed by atoms with van der Waals surface area (Å²) in [5.41, 5.74) is 1.23. The van der Waals surface area contributed by atoms with E-state index in [1.165, 1.54) is 7.11 Å². The second-order valence-corrected chi connectivity index (χ2v) is 7.75. The Morgan fingerprint density at radius 2 is 1.83 bits per heavy atom. The monoisotopic (exact) mass is 426 g/mol. The van der Waals surface area contributed by atoms with Gasteiger partial charge >= 0.3 is 0 Å². The van der Waals surface area contributed by atoms with Crippen molar-refractivity contribution in [3.8, 4) is 11.5 Å². The molecule has 1 saturated heterocycles. The molecule has 1 fully saturated rings. The molecule has 0 radical (unpaired) electrons.